The number of unbranched alkanes of at least 4 members (excludes halogenated alkanes) is 12. The van der Waals surface area contributed by atoms with Gasteiger partial charge in [-0.2, -0.15) is 0 Å². The molecular formula is C30H52O2. The second-order valence-electron chi connectivity index (χ2n) is 10.3. The number of hydrogen-bond acceptors (Lipinski definition) is 2. The quantitative estimate of drug-likeness (QED) is 0.148. The van der Waals surface area contributed by atoms with E-state index in [9.17, 15) is 4.79 Å². The highest BCUT2D eigenvalue weighted by atomic mass is 16.6. The molecule has 0 heterocycles. The van der Waals surface area contributed by atoms with Crippen LogP contribution < -0.4 is 0 Å². The molecule has 1 rings (SSSR count). The number of esters is 1. The van der Waals surface area contributed by atoms with Gasteiger partial charge in [-0.15, -0.1) is 0 Å². The fourth-order valence-electron chi connectivity index (χ4n) is 4.46. The second-order valence-corrected chi connectivity index (χ2v) is 10.3. The first kappa shape index (κ1) is 28.7. The Balaban J connectivity index is 2.43. The highest BCUT2D eigenvalue weighted by Crippen LogP contribution is 2.25. The van der Waals surface area contributed by atoms with Crippen molar-refractivity contribution in [1.29, 1.82) is 0 Å². The molecule has 1 unspecified atom stereocenters. The van der Waals surface area contributed by atoms with Gasteiger partial charge < -0.3 is 4.74 Å². The summed E-state index contributed by atoms with van der Waals surface area (Å²) in [5.74, 6) is -0.0216. The Kier molecular flexibility index (Phi) is 16.3. The van der Waals surface area contributed by atoms with Gasteiger partial charge in [0.15, 0.2) is 0 Å². The summed E-state index contributed by atoms with van der Waals surface area (Å²) >= 11 is 0. The third-order valence-corrected chi connectivity index (χ3v) is 6.57. The van der Waals surface area contributed by atoms with Gasteiger partial charge in [0, 0.05) is 0 Å². The lowest BCUT2D eigenvalue weighted by Crippen LogP contribution is -2.32. The summed E-state index contributed by atoms with van der Waals surface area (Å²) in [5.41, 5.74) is 0.875. The van der Waals surface area contributed by atoms with Crippen LogP contribution in [0.15, 0.2) is 30.3 Å². The average Bonchev–Trinajstić information content (AvgIpc) is 2.77. The van der Waals surface area contributed by atoms with Crippen molar-refractivity contribution < 1.29 is 9.53 Å². The van der Waals surface area contributed by atoms with Crippen molar-refractivity contribution in [1.82, 2.24) is 0 Å². The molecule has 0 saturated heterocycles. The number of carbonyl (C=O) groups is 1. The summed E-state index contributed by atoms with van der Waals surface area (Å²) in [6.45, 7) is 8.66. The predicted molar refractivity (Wildman–Crippen MR) is 139 cm³/mol. The molecule has 1 aromatic carbocycles. The molecule has 0 bridgehead atoms. The Morgan fingerprint density at radius 1 is 0.750 bits per heavy atom. The standard InChI is InChI=1S/C30H52O2/c1-5-7-9-11-12-13-14-15-16-20-24-28(26-27-22-18-17-19-23-27)29(31)32-30(3,4)25-21-10-8-6-2/h17-19,22-23,28H,5-16,20-21,24-26H2,1-4H3. The lowest BCUT2D eigenvalue weighted by atomic mass is 9.92. The van der Waals surface area contributed by atoms with Crippen LogP contribution in [0.25, 0.3) is 0 Å². The van der Waals surface area contributed by atoms with E-state index in [-0.39, 0.29) is 17.5 Å². The summed E-state index contributed by atoms with van der Waals surface area (Å²) in [5, 5.41) is 0. The molecule has 1 aromatic rings. The van der Waals surface area contributed by atoms with E-state index in [1.165, 1.54) is 82.6 Å². The zero-order valence-electron chi connectivity index (χ0n) is 21.8. The Labute approximate surface area is 199 Å². The maximum absolute atomic E-state index is 13.1. The van der Waals surface area contributed by atoms with Crippen molar-refractivity contribution in [3.8, 4) is 0 Å². The number of ether oxygens (including phenoxy) is 1. The highest BCUT2D eigenvalue weighted by Gasteiger charge is 2.28. The monoisotopic (exact) mass is 444 g/mol. The van der Waals surface area contributed by atoms with Gasteiger partial charge >= 0.3 is 5.97 Å². The van der Waals surface area contributed by atoms with Crippen molar-refractivity contribution in [2.24, 2.45) is 5.92 Å². The van der Waals surface area contributed by atoms with Crippen LogP contribution in [0.2, 0.25) is 0 Å². The second kappa shape index (κ2) is 18.2. The van der Waals surface area contributed by atoms with Gasteiger partial charge in [0.1, 0.15) is 5.60 Å². The molecule has 0 aromatic heterocycles. The van der Waals surface area contributed by atoms with Gasteiger partial charge in [-0.05, 0) is 45.1 Å². The lowest BCUT2D eigenvalue weighted by Gasteiger charge is -2.28. The molecule has 1 atom stereocenters. The fraction of sp³-hybridized carbons (Fsp3) is 0.767. The minimum absolute atomic E-state index is 0.00488. The van der Waals surface area contributed by atoms with E-state index in [2.05, 4.69) is 52.0 Å². The Hall–Kier alpha value is -1.31. The molecule has 0 radical (unpaired) electrons. The smallest absolute Gasteiger partial charge is 0.309 e. The molecule has 0 aliphatic heterocycles. The number of hydrogen-bond donors (Lipinski definition) is 0. The van der Waals surface area contributed by atoms with Crippen LogP contribution in [0.5, 0.6) is 0 Å². The normalized spacial score (nSPS) is 12.6. The zero-order chi connectivity index (χ0) is 23.5. The SMILES string of the molecule is CCCCCCCCCCCCC(Cc1ccccc1)C(=O)OC(C)(C)CCCCCC. The molecule has 2 nitrogen and oxygen atoms in total. The average molecular weight is 445 g/mol. The molecule has 0 aliphatic rings. The molecular weight excluding hydrogens is 392 g/mol. The molecule has 0 spiro atoms. The van der Waals surface area contributed by atoms with Crippen LogP contribution in [0.1, 0.15) is 136 Å². The molecule has 0 aliphatic carbocycles. The molecule has 32 heavy (non-hydrogen) atoms. The van der Waals surface area contributed by atoms with E-state index in [0.717, 1.165) is 32.1 Å². The summed E-state index contributed by atoms with van der Waals surface area (Å²) < 4.78 is 6.06. The van der Waals surface area contributed by atoms with Crippen LogP contribution >= 0.6 is 0 Å². The molecule has 184 valence electrons. The van der Waals surface area contributed by atoms with Gasteiger partial charge in [0.2, 0.25) is 0 Å². The lowest BCUT2D eigenvalue weighted by molar-refractivity contribution is -0.162. The van der Waals surface area contributed by atoms with E-state index < -0.39 is 0 Å². The maximum atomic E-state index is 13.1. The Morgan fingerprint density at radius 3 is 1.81 bits per heavy atom. The zero-order valence-corrected chi connectivity index (χ0v) is 21.8. The number of rotatable bonds is 20. The van der Waals surface area contributed by atoms with E-state index in [1.807, 2.05) is 6.07 Å². The molecule has 0 amide bonds. The third-order valence-electron chi connectivity index (χ3n) is 6.57. The Morgan fingerprint density at radius 2 is 1.25 bits per heavy atom. The van der Waals surface area contributed by atoms with Gasteiger partial charge in [-0.3, -0.25) is 4.79 Å². The predicted octanol–water partition coefficient (Wildman–Crippen LogP) is 9.45. The molecule has 2 heteroatoms. The topological polar surface area (TPSA) is 26.3 Å². The van der Waals surface area contributed by atoms with Crippen LogP contribution in [0.3, 0.4) is 0 Å². The fourth-order valence-corrected chi connectivity index (χ4v) is 4.46. The van der Waals surface area contributed by atoms with E-state index in [1.54, 1.807) is 0 Å². The number of carbonyl (C=O) groups excluding carboxylic acids is 1. The largest absolute Gasteiger partial charge is 0.459 e. The van der Waals surface area contributed by atoms with Crippen LogP contribution in [0.4, 0.5) is 0 Å². The van der Waals surface area contributed by atoms with Crippen molar-refractivity contribution in [2.45, 2.75) is 142 Å². The first-order chi connectivity index (χ1) is 15.5. The van der Waals surface area contributed by atoms with Gasteiger partial charge in [0.05, 0.1) is 5.92 Å². The summed E-state index contributed by atoms with van der Waals surface area (Å²) in [6.07, 6.45) is 20.8. The van der Waals surface area contributed by atoms with Gasteiger partial charge in [-0.1, -0.05) is 128 Å². The van der Waals surface area contributed by atoms with Crippen molar-refractivity contribution in [2.75, 3.05) is 0 Å². The van der Waals surface area contributed by atoms with Gasteiger partial charge in [-0.25, -0.2) is 0 Å². The third kappa shape index (κ3) is 14.7. The maximum Gasteiger partial charge on any atom is 0.309 e. The molecule has 0 saturated carbocycles. The van der Waals surface area contributed by atoms with Crippen molar-refractivity contribution in [3.05, 3.63) is 35.9 Å². The molecule has 0 N–H and O–H groups in total. The number of benzene rings is 1. The first-order valence-corrected chi connectivity index (χ1v) is 13.7. The van der Waals surface area contributed by atoms with Gasteiger partial charge in [0.25, 0.3) is 0 Å². The van der Waals surface area contributed by atoms with E-state index in [4.69, 9.17) is 4.74 Å². The minimum atomic E-state index is -0.364. The molecule has 0 fully saturated rings. The first-order valence-electron chi connectivity index (χ1n) is 13.7. The van der Waals surface area contributed by atoms with Crippen LogP contribution in [-0.2, 0) is 16.0 Å². The summed E-state index contributed by atoms with van der Waals surface area (Å²) in [6, 6.07) is 10.4. The summed E-state index contributed by atoms with van der Waals surface area (Å²) in [4.78, 5) is 13.1. The van der Waals surface area contributed by atoms with E-state index in [0.29, 0.717) is 0 Å². The minimum Gasteiger partial charge on any atom is -0.459 e. The van der Waals surface area contributed by atoms with Crippen LogP contribution in [-0.4, -0.2) is 11.6 Å². The highest BCUT2D eigenvalue weighted by molar-refractivity contribution is 5.73. The van der Waals surface area contributed by atoms with Crippen LogP contribution in [0, 0.1) is 5.92 Å². The van der Waals surface area contributed by atoms with Crippen molar-refractivity contribution >= 4 is 5.97 Å². The Bertz CT molecular complexity index is 563. The van der Waals surface area contributed by atoms with Crippen molar-refractivity contribution in [3.63, 3.8) is 0 Å². The summed E-state index contributed by atoms with van der Waals surface area (Å²) in [7, 11) is 0. The van der Waals surface area contributed by atoms with E-state index >= 15 is 0 Å².